The maximum Gasteiger partial charge on any atom is 0.416 e. The van der Waals surface area contributed by atoms with Crippen LogP contribution in [0, 0.1) is 6.92 Å². The van der Waals surface area contributed by atoms with Crippen molar-refractivity contribution in [2.75, 3.05) is 5.32 Å². The average molecular weight is 258 g/mol. The maximum atomic E-state index is 12.7. The molecule has 0 aromatic heterocycles. The molecular formula is C12H13F3N2O. The molecule has 0 saturated heterocycles. The summed E-state index contributed by atoms with van der Waals surface area (Å²) >= 11 is 0. The lowest BCUT2D eigenvalue weighted by molar-refractivity contribution is -0.138. The quantitative estimate of drug-likeness (QED) is 0.856. The molecule has 1 aliphatic carbocycles. The number of alkyl halides is 3. The van der Waals surface area contributed by atoms with Gasteiger partial charge >= 0.3 is 6.18 Å². The van der Waals surface area contributed by atoms with Gasteiger partial charge in [0.1, 0.15) is 0 Å². The van der Waals surface area contributed by atoms with Crippen LogP contribution in [-0.4, -0.2) is 11.4 Å². The van der Waals surface area contributed by atoms with Crippen molar-refractivity contribution < 1.29 is 18.0 Å². The third-order valence-electron chi connectivity index (χ3n) is 3.04. The number of hydrogen-bond donors (Lipinski definition) is 2. The normalized spacial score (nSPS) is 17.4. The van der Waals surface area contributed by atoms with Crippen LogP contribution < -0.4 is 11.1 Å². The van der Waals surface area contributed by atoms with Crippen LogP contribution >= 0.6 is 0 Å². The predicted molar refractivity (Wildman–Crippen MR) is 61.0 cm³/mol. The molecule has 2 rings (SSSR count). The molecule has 0 heterocycles. The molecule has 1 fully saturated rings. The Kier molecular flexibility index (Phi) is 2.85. The van der Waals surface area contributed by atoms with Crippen molar-refractivity contribution in [2.24, 2.45) is 5.73 Å². The lowest BCUT2D eigenvalue weighted by Gasteiger charge is -2.14. The molecule has 0 atom stereocenters. The molecule has 3 N–H and O–H groups in total. The van der Waals surface area contributed by atoms with Crippen molar-refractivity contribution in [1.29, 1.82) is 0 Å². The molecular weight excluding hydrogens is 245 g/mol. The highest BCUT2D eigenvalue weighted by Crippen LogP contribution is 2.35. The smallest absolute Gasteiger partial charge is 0.324 e. The van der Waals surface area contributed by atoms with Crippen LogP contribution in [0.15, 0.2) is 18.2 Å². The lowest BCUT2D eigenvalue weighted by atomic mass is 10.1. The topological polar surface area (TPSA) is 55.1 Å². The molecule has 1 amide bonds. The monoisotopic (exact) mass is 258 g/mol. The minimum Gasteiger partial charge on any atom is -0.324 e. The van der Waals surface area contributed by atoms with Crippen LogP contribution in [0.2, 0.25) is 0 Å². The average Bonchev–Trinajstić information content (AvgIpc) is 2.99. The molecule has 98 valence electrons. The summed E-state index contributed by atoms with van der Waals surface area (Å²) in [5.41, 5.74) is 4.25. The van der Waals surface area contributed by atoms with E-state index in [1.165, 1.54) is 19.1 Å². The Morgan fingerprint density at radius 1 is 1.39 bits per heavy atom. The van der Waals surface area contributed by atoms with Crippen LogP contribution in [-0.2, 0) is 11.0 Å². The van der Waals surface area contributed by atoms with Gasteiger partial charge in [0.25, 0.3) is 0 Å². The molecule has 1 saturated carbocycles. The molecule has 0 aliphatic heterocycles. The van der Waals surface area contributed by atoms with Gasteiger partial charge in [-0.25, -0.2) is 0 Å². The van der Waals surface area contributed by atoms with E-state index in [2.05, 4.69) is 5.32 Å². The fraction of sp³-hybridized carbons (Fsp3) is 0.417. The van der Waals surface area contributed by atoms with E-state index in [0.29, 0.717) is 12.8 Å². The maximum absolute atomic E-state index is 12.7. The second-order valence-electron chi connectivity index (χ2n) is 4.64. The zero-order chi connectivity index (χ0) is 13.6. The number of hydrogen-bond acceptors (Lipinski definition) is 2. The number of halogens is 3. The third kappa shape index (κ3) is 2.48. The number of carbonyl (C=O) groups excluding carboxylic acids is 1. The van der Waals surface area contributed by atoms with E-state index in [9.17, 15) is 18.0 Å². The summed E-state index contributed by atoms with van der Waals surface area (Å²) in [7, 11) is 0. The van der Waals surface area contributed by atoms with Gasteiger partial charge in [-0.2, -0.15) is 13.2 Å². The van der Waals surface area contributed by atoms with E-state index >= 15 is 0 Å². The van der Waals surface area contributed by atoms with Crippen LogP contribution in [0.25, 0.3) is 0 Å². The molecule has 0 spiro atoms. The van der Waals surface area contributed by atoms with Gasteiger partial charge in [-0.1, -0.05) is 6.07 Å². The number of nitrogens with two attached hydrogens (primary N) is 1. The Morgan fingerprint density at radius 3 is 2.50 bits per heavy atom. The number of rotatable bonds is 2. The first-order valence-corrected chi connectivity index (χ1v) is 5.50. The van der Waals surface area contributed by atoms with Crippen molar-refractivity contribution in [3.8, 4) is 0 Å². The van der Waals surface area contributed by atoms with Crippen LogP contribution in [0.3, 0.4) is 0 Å². The summed E-state index contributed by atoms with van der Waals surface area (Å²) in [6.45, 7) is 1.37. The van der Waals surface area contributed by atoms with Crippen molar-refractivity contribution in [3.05, 3.63) is 29.3 Å². The largest absolute Gasteiger partial charge is 0.416 e. The lowest BCUT2D eigenvalue weighted by Crippen LogP contribution is -2.37. The fourth-order valence-corrected chi connectivity index (χ4v) is 1.62. The van der Waals surface area contributed by atoms with Crippen LogP contribution in [0.5, 0.6) is 0 Å². The highest BCUT2D eigenvalue weighted by molar-refractivity contribution is 6.00. The molecule has 1 aromatic carbocycles. The Hall–Kier alpha value is -1.56. The van der Waals surface area contributed by atoms with E-state index in [0.717, 1.165) is 6.07 Å². The molecule has 0 bridgehead atoms. The first-order valence-electron chi connectivity index (χ1n) is 5.50. The summed E-state index contributed by atoms with van der Waals surface area (Å²) in [4.78, 5) is 11.6. The summed E-state index contributed by atoms with van der Waals surface area (Å²) in [6, 6.07) is 3.70. The number of carbonyl (C=O) groups is 1. The number of benzene rings is 1. The molecule has 1 aliphatic rings. The minimum atomic E-state index is -4.43. The number of aryl methyl sites for hydroxylation is 1. The van der Waals surface area contributed by atoms with E-state index in [1.807, 2.05) is 0 Å². The van der Waals surface area contributed by atoms with Crippen LogP contribution in [0.1, 0.15) is 24.0 Å². The van der Waals surface area contributed by atoms with Crippen LogP contribution in [0.4, 0.5) is 18.9 Å². The van der Waals surface area contributed by atoms with Gasteiger partial charge in [0.2, 0.25) is 5.91 Å². The molecule has 6 heteroatoms. The van der Waals surface area contributed by atoms with Gasteiger partial charge in [0.05, 0.1) is 11.1 Å². The zero-order valence-electron chi connectivity index (χ0n) is 9.77. The highest BCUT2D eigenvalue weighted by atomic mass is 19.4. The summed E-state index contributed by atoms with van der Waals surface area (Å²) < 4.78 is 38.0. The minimum absolute atomic E-state index is 0.120. The molecule has 18 heavy (non-hydrogen) atoms. The molecule has 1 aromatic rings. The Labute approximate surface area is 102 Å². The van der Waals surface area contributed by atoms with Crippen molar-refractivity contribution in [1.82, 2.24) is 0 Å². The molecule has 3 nitrogen and oxygen atoms in total. The van der Waals surface area contributed by atoms with Crippen molar-refractivity contribution in [2.45, 2.75) is 31.5 Å². The Bertz CT molecular complexity index is 493. The zero-order valence-corrected chi connectivity index (χ0v) is 9.77. The van der Waals surface area contributed by atoms with Gasteiger partial charge in [-0.15, -0.1) is 0 Å². The second-order valence-corrected chi connectivity index (χ2v) is 4.64. The first-order chi connectivity index (χ1) is 8.22. The molecule has 0 unspecified atom stereocenters. The van der Waals surface area contributed by atoms with Gasteiger partial charge in [0, 0.05) is 5.69 Å². The van der Waals surface area contributed by atoms with Crippen molar-refractivity contribution in [3.63, 3.8) is 0 Å². The van der Waals surface area contributed by atoms with Gasteiger partial charge in [-0.3, -0.25) is 4.79 Å². The van der Waals surface area contributed by atoms with E-state index in [-0.39, 0.29) is 11.3 Å². The molecule has 0 radical (unpaired) electrons. The fourth-order valence-electron chi connectivity index (χ4n) is 1.62. The van der Waals surface area contributed by atoms with Crippen molar-refractivity contribution >= 4 is 11.6 Å². The van der Waals surface area contributed by atoms with E-state index in [1.54, 1.807) is 0 Å². The first kappa shape index (κ1) is 12.9. The van der Waals surface area contributed by atoms with Gasteiger partial charge in [0.15, 0.2) is 0 Å². The van der Waals surface area contributed by atoms with Gasteiger partial charge in [-0.05, 0) is 37.5 Å². The number of anilines is 1. The van der Waals surface area contributed by atoms with E-state index in [4.69, 9.17) is 5.73 Å². The second kappa shape index (κ2) is 3.98. The highest BCUT2D eigenvalue weighted by Gasteiger charge is 2.46. The third-order valence-corrected chi connectivity index (χ3v) is 3.04. The Morgan fingerprint density at radius 2 is 2.00 bits per heavy atom. The Balaban J connectivity index is 2.22. The number of nitrogens with one attached hydrogen (secondary N) is 1. The van der Waals surface area contributed by atoms with Gasteiger partial charge < -0.3 is 11.1 Å². The SMILES string of the molecule is Cc1ccc(NC(=O)C2(N)CC2)cc1C(F)(F)F. The number of amides is 1. The standard InChI is InChI=1S/C12H13F3N2O/c1-7-2-3-8(6-9(7)12(13,14)15)17-10(18)11(16)4-5-11/h2-3,6H,4-5,16H2,1H3,(H,17,18). The summed E-state index contributed by atoms with van der Waals surface area (Å²) in [5, 5.41) is 2.42. The predicted octanol–water partition coefficient (Wildman–Crippen LogP) is 2.44. The summed E-state index contributed by atoms with van der Waals surface area (Å²) in [6.07, 6.45) is -3.29. The van der Waals surface area contributed by atoms with E-state index < -0.39 is 23.2 Å². The summed E-state index contributed by atoms with van der Waals surface area (Å²) in [5.74, 6) is -0.431.